The second-order valence-corrected chi connectivity index (χ2v) is 5.96. The molecule has 23 heavy (non-hydrogen) atoms. The lowest BCUT2D eigenvalue weighted by Gasteiger charge is -2.10. The lowest BCUT2D eigenvalue weighted by molar-refractivity contribution is 0.102. The fraction of sp³-hybridized carbons (Fsp3) is 0.350. The number of anilines is 1. The summed E-state index contributed by atoms with van der Waals surface area (Å²) in [5, 5.41) is 2.92. The average Bonchev–Trinajstić information content (AvgIpc) is 2.55. The number of amides is 1. The van der Waals surface area contributed by atoms with E-state index >= 15 is 0 Å². The SMILES string of the molecule is CCCCOc1cccc(NC(=O)c2ccc(C(C)C)cc2)c1. The Bertz CT molecular complexity index is 632. The highest BCUT2D eigenvalue weighted by molar-refractivity contribution is 6.04. The molecule has 3 heteroatoms. The smallest absolute Gasteiger partial charge is 0.255 e. The van der Waals surface area contributed by atoms with E-state index in [9.17, 15) is 4.79 Å². The summed E-state index contributed by atoms with van der Waals surface area (Å²) in [6.45, 7) is 7.10. The Hall–Kier alpha value is -2.29. The molecule has 0 spiro atoms. The predicted molar refractivity (Wildman–Crippen MR) is 95.3 cm³/mol. The van der Waals surface area contributed by atoms with Crippen molar-refractivity contribution in [3.05, 3.63) is 59.7 Å². The minimum atomic E-state index is -0.106. The Labute approximate surface area is 138 Å². The number of hydrogen-bond acceptors (Lipinski definition) is 2. The zero-order valence-electron chi connectivity index (χ0n) is 14.1. The van der Waals surface area contributed by atoms with Gasteiger partial charge < -0.3 is 10.1 Å². The third kappa shape index (κ3) is 5.13. The molecule has 0 heterocycles. The number of unbranched alkanes of at least 4 members (excludes halogenated alkanes) is 1. The van der Waals surface area contributed by atoms with Crippen molar-refractivity contribution in [2.24, 2.45) is 0 Å². The second kappa shape index (κ2) is 8.37. The predicted octanol–water partition coefficient (Wildman–Crippen LogP) is 5.24. The maximum atomic E-state index is 12.3. The Morgan fingerprint density at radius 3 is 2.52 bits per heavy atom. The number of benzene rings is 2. The van der Waals surface area contributed by atoms with Crippen molar-refractivity contribution >= 4 is 11.6 Å². The Morgan fingerprint density at radius 2 is 1.87 bits per heavy atom. The number of rotatable bonds is 7. The van der Waals surface area contributed by atoms with E-state index in [0.29, 0.717) is 18.1 Å². The van der Waals surface area contributed by atoms with E-state index in [4.69, 9.17) is 4.74 Å². The summed E-state index contributed by atoms with van der Waals surface area (Å²) in [4.78, 5) is 12.3. The summed E-state index contributed by atoms with van der Waals surface area (Å²) in [5.74, 6) is 1.14. The van der Waals surface area contributed by atoms with Gasteiger partial charge in [0.05, 0.1) is 6.61 Å². The van der Waals surface area contributed by atoms with Gasteiger partial charge in [-0.05, 0) is 42.2 Å². The second-order valence-electron chi connectivity index (χ2n) is 5.96. The molecule has 0 unspecified atom stereocenters. The Kier molecular flexibility index (Phi) is 6.21. The number of ether oxygens (including phenoxy) is 1. The van der Waals surface area contributed by atoms with Gasteiger partial charge in [-0.1, -0.05) is 45.4 Å². The highest BCUT2D eigenvalue weighted by atomic mass is 16.5. The molecule has 0 aliphatic heterocycles. The van der Waals surface area contributed by atoms with E-state index in [1.54, 1.807) is 0 Å². The van der Waals surface area contributed by atoms with Crippen molar-refractivity contribution in [3.63, 3.8) is 0 Å². The first-order chi connectivity index (χ1) is 11.1. The molecule has 0 fully saturated rings. The van der Waals surface area contributed by atoms with E-state index in [-0.39, 0.29) is 5.91 Å². The van der Waals surface area contributed by atoms with Crippen LogP contribution in [0.15, 0.2) is 48.5 Å². The first-order valence-corrected chi connectivity index (χ1v) is 8.24. The van der Waals surface area contributed by atoms with Crippen LogP contribution in [0, 0.1) is 0 Å². The third-order valence-corrected chi connectivity index (χ3v) is 3.70. The Morgan fingerprint density at radius 1 is 1.13 bits per heavy atom. The van der Waals surface area contributed by atoms with Crippen LogP contribution in [0.1, 0.15) is 55.5 Å². The average molecular weight is 311 g/mol. The molecule has 0 bridgehead atoms. The molecule has 2 aromatic rings. The van der Waals surface area contributed by atoms with Gasteiger partial charge in [0.2, 0.25) is 0 Å². The molecule has 122 valence electrons. The zero-order valence-corrected chi connectivity index (χ0v) is 14.1. The van der Waals surface area contributed by atoms with Gasteiger partial charge in [0.25, 0.3) is 5.91 Å². The summed E-state index contributed by atoms with van der Waals surface area (Å²) in [6, 6.07) is 15.3. The maximum Gasteiger partial charge on any atom is 0.255 e. The summed E-state index contributed by atoms with van der Waals surface area (Å²) < 4.78 is 5.67. The fourth-order valence-corrected chi connectivity index (χ4v) is 2.22. The van der Waals surface area contributed by atoms with Crippen molar-refractivity contribution in [1.82, 2.24) is 0 Å². The normalized spacial score (nSPS) is 10.6. The standard InChI is InChI=1S/C20H25NO2/c1-4-5-13-23-19-8-6-7-18(14-19)21-20(22)17-11-9-16(10-12-17)15(2)3/h6-12,14-15H,4-5,13H2,1-3H3,(H,21,22). The minimum Gasteiger partial charge on any atom is -0.494 e. The first-order valence-electron chi connectivity index (χ1n) is 8.24. The summed E-state index contributed by atoms with van der Waals surface area (Å²) in [5.41, 5.74) is 2.64. The fourth-order valence-electron chi connectivity index (χ4n) is 2.22. The van der Waals surface area contributed by atoms with Gasteiger partial charge in [0.1, 0.15) is 5.75 Å². The van der Waals surface area contributed by atoms with E-state index < -0.39 is 0 Å². The largest absolute Gasteiger partial charge is 0.494 e. The van der Waals surface area contributed by atoms with Gasteiger partial charge in [-0.15, -0.1) is 0 Å². The van der Waals surface area contributed by atoms with Gasteiger partial charge in [-0.25, -0.2) is 0 Å². The molecule has 0 aliphatic rings. The van der Waals surface area contributed by atoms with Crippen LogP contribution < -0.4 is 10.1 Å². The van der Waals surface area contributed by atoms with E-state index in [1.807, 2.05) is 48.5 Å². The molecule has 0 aromatic heterocycles. The monoisotopic (exact) mass is 311 g/mol. The molecule has 0 saturated heterocycles. The minimum absolute atomic E-state index is 0.106. The molecule has 3 nitrogen and oxygen atoms in total. The van der Waals surface area contributed by atoms with Crippen molar-refractivity contribution < 1.29 is 9.53 Å². The van der Waals surface area contributed by atoms with Crippen LogP contribution in [-0.2, 0) is 0 Å². The van der Waals surface area contributed by atoms with Crippen molar-refractivity contribution in [1.29, 1.82) is 0 Å². The number of carbonyl (C=O) groups excluding carboxylic acids is 1. The molecule has 0 saturated carbocycles. The van der Waals surface area contributed by atoms with Crippen LogP contribution in [0.3, 0.4) is 0 Å². The molecule has 1 N–H and O–H groups in total. The Balaban J connectivity index is 2.00. The molecule has 0 radical (unpaired) electrons. The van der Waals surface area contributed by atoms with E-state index in [2.05, 4.69) is 26.1 Å². The summed E-state index contributed by atoms with van der Waals surface area (Å²) >= 11 is 0. The molecule has 1 amide bonds. The van der Waals surface area contributed by atoms with Gasteiger partial charge in [0.15, 0.2) is 0 Å². The number of carbonyl (C=O) groups is 1. The first kappa shape index (κ1) is 17.1. The van der Waals surface area contributed by atoms with Crippen LogP contribution in [-0.4, -0.2) is 12.5 Å². The highest BCUT2D eigenvalue weighted by Crippen LogP contribution is 2.19. The van der Waals surface area contributed by atoms with Crippen molar-refractivity contribution in [2.45, 2.75) is 39.5 Å². The quantitative estimate of drug-likeness (QED) is 0.710. The molecule has 0 atom stereocenters. The van der Waals surface area contributed by atoms with Crippen LogP contribution in [0.4, 0.5) is 5.69 Å². The topological polar surface area (TPSA) is 38.3 Å². The van der Waals surface area contributed by atoms with Gasteiger partial charge in [-0.3, -0.25) is 4.79 Å². The van der Waals surface area contributed by atoms with Gasteiger partial charge in [-0.2, -0.15) is 0 Å². The maximum absolute atomic E-state index is 12.3. The highest BCUT2D eigenvalue weighted by Gasteiger charge is 2.07. The molecular formula is C20H25NO2. The van der Waals surface area contributed by atoms with Crippen LogP contribution in [0.25, 0.3) is 0 Å². The molecular weight excluding hydrogens is 286 g/mol. The lowest BCUT2D eigenvalue weighted by atomic mass is 10.0. The molecule has 2 aromatic carbocycles. The van der Waals surface area contributed by atoms with Gasteiger partial charge >= 0.3 is 0 Å². The van der Waals surface area contributed by atoms with E-state index in [1.165, 1.54) is 5.56 Å². The van der Waals surface area contributed by atoms with Gasteiger partial charge in [0, 0.05) is 17.3 Å². The van der Waals surface area contributed by atoms with Crippen molar-refractivity contribution in [2.75, 3.05) is 11.9 Å². The van der Waals surface area contributed by atoms with Crippen LogP contribution in [0.2, 0.25) is 0 Å². The summed E-state index contributed by atoms with van der Waals surface area (Å²) in [7, 11) is 0. The van der Waals surface area contributed by atoms with Crippen LogP contribution in [0.5, 0.6) is 5.75 Å². The number of nitrogens with one attached hydrogen (secondary N) is 1. The lowest BCUT2D eigenvalue weighted by Crippen LogP contribution is -2.12. The van der Waals surface area contributed by atoms with E-state index in [0.717, 1.165) is 24.3 Å². The van der Waals surface area contributed by atoms with Crippen LogP contribution >= 0.6 is 0 Å². The molecule has 2 rings (SSSR count). The third-order valence-electron chi connectivity index (χ3n) is 3.70. The summed E-state index contributed by atoms with van der Waals surface area (Å²) in [6.07, 6.45) is 2.13. The van der Waals surface area contributed by atoms with Crippen molar-refractivity contribution in [3.8, 4) is 5.75 Å². The zero-order chi connectivity index (χ0) is 16.7. The number of hydrogen-bond donors (Lipinski definition) is 1. The molecule has 0 aliphatic carbocycles.